The summed E-state index contributed by atoms with van der Waals surface area (Å²) in [6.07, 6.45) is 12.5. The monoisotopic (exact) mass is 1220 g/mol. The van der Waals surface area contributed by atoms with E-state index in [0.717, 1.165) is 41.1 Å². The highest BCUT2D eigenvalue weighted by atomic mass is 16.3. The Balaban J connectivity index is 0.987. The van der Waals surface area contributed by atoms with Gasteiger partial charge in [-0.3, -0.25) is 0 Å². The zero-order chi connectivity index (χ0) is 64.1. The van der Waals surface area contributed by atoms with Gasteiger partial charge in [0, 0.05) is 56.1 Å². The lowest BCUT2D eigenvalue weighted by molar-refractivity contribution is 0.0990. The number of fused-ring (bicyclic) bond motifs is 15. The van der Waals surface area contributed by atoms with Crippen LogP contribution in [-0.2, 0) is 27.1 Å². The molecule has 1 spiro atoms. The van der Waals surface area contributed by atoms with Gasteiger partial charge in [0.25, 0.3) is 6.71 Å². The van der Waals surface area contributed by atoms with Crippen LogP contribution >= 0.6 is 0 Å². The fourth-order valence-corrected chi connectivity index (χ4v) is 19.7. The fourth-order valence-electron chi connectivity index (χ4n) is 19.7. The molecule has 3 atom stereocenters. The molecule has 2 aliphatic heterocycles. The van der Waals surface area contributed by atoms with E-state index in [0.29, 0.717) is 11.8 Å². The molecule has 2 bridgehead atoms. The molecule has 0 saturated heterocycles. The van der Waals surface area contributed by atoms with Crippen LogP contribution in [0.15, 0.2) is 192 Å². The minimum atomic E-state index is -0.237. The largest absolute Gasteiger partial charge is 0.468 e. The molecule has 3 heterocycles. The summed E-state index contributed by atoms with van der Waals surface area (Å²) < 4.78 is 7.93. The first-order chi connectivity index (χ1) is 44.5. The number of anilines is 9. The molecule has 93 heavy (non-hydrogen) atoms. The summed E-state index contributed by atoms with van der Waals surface area (Å²) >= 11 is 0. The predicted octanol–water partition coefficient (Wildman–Crippen LogP) is 22.8. The summed E-state index contributed by atoms with van der Waals surface area (Å²) in [6.45, 7) is 31.7. The highest BCUT2D eigenvalue weighted by molar-refractivity contribution is 7.00. The molecule has 5 heteroatoms. The second-order valence-corrected chi connectivity index (χ2v) is 33.6. The first-order valence-electron chi connectivity index (χ1n) is 35.4. The van der Waals surface area contributed by atoms with E-state index < -0.39 is 0 Å². The van der Waals surface area contributed by atoms with Crippen LogP contribution in [-0.4, -0.2) is 6.71 Å². The Kier molecular flexibility index (Phi) is 12.8. The van der Waals surface area contributed by atoms with Crippen molar-refractivity contribution in [3.63, 3.8) is 0 Å². The molecule has 5 aliphatic carbocycles. The zero-order valence-electron chi connectivity index (χ0n) is 57.5. The van der Waals surface area contributed by atoms with E-state index >= 15 is 0 Å². The molecule has 3 unspecified atom stereocenters. The van der Waals surface area contributed by atoms with E-state index in [4.69, 9.17) is 4.42 Å². The molecule has 3 fully saturated rings. The number of nitrogens with zero attached hydrogens (tertiary/aromatic N) is 3. The summed E-state index contributed by atoms with van der Waals surface area (Å²) in [7, 11) is 0. The summed E-state index contributed by atoms with van der Waals surface area (Å²) in [6, 6.07) is 74.2. The molecule has 468 valence electrons. The summed E-state index contributed by atoms with van der Waals surface area (Å²) in [5.41, 5.74) is 30.2. The van der Waals surface area contributed by atoms with Gasteiger partial charge < -0.3 is 19.1 Å². The molecule has 17 rings (SSSR count). The Morgan fingerprint density at radius 2 is 1.14 bits per heavy atom. The van der Waals surface area contributed by atoms with Gasteiger partial charge in [0.05, 0.1) is 22.7 Å². The van der Waals surface area contributed by atoms with Crippen molar-refractivity contribution in [1.29, 1.82) is 0 Å². The molecule has 1 aromatic heterocycles. The maximum atomic E-state index is 7.93. The van der Waals surface area contributed by atoms with Gasteiger partial charge in [-0.05, 0) is 223 Å². The Bertz CT molecular complexity index is 4680. The maximum Gasteiger partial charge on any atom is 0.297 e. The van der Waals surface area contributed by atoms with Gasteiger partial charge in [-0.25, -0.2) is 0 Å². The van der Waals surface area contributed by atoms with Gasteiger partial charge in [0.1, 0.15) is 5.58 Å². The lowest BCUT2D eigenvalue weighted by Crippen LogP contribution is -2.61. The van der Waals surface area contributed by atoms with Crippen molar-refractivity contribution in [3.05, 3.63) is 227 Å². The van der Waals surface area contributed by atoms with Gasteiger partial charge >= 0.3 is 0 Å². The van der Waals surface area contributed by atoms with Crippen LogP contribution in [0.5, 0.6) is 0 Å². The number of para-hydroxylation sites is 1. The average Bonchev–Trinajstić information content (AvgIpc) is 1.52. The summed E-state index contributed by atoms with van der Waals surface area (Å²) in [4.78, 5) is 7.98. The Morgan fingerprint density at radius 3 is 1.82 bits per heavy atom. The van der Waals surface area contributed by atoms with Crippen molar-refractivity contribution in [2.24, 2.45) is 16.7 Å². The van der Waals surface area contributed by atoms with Gasteiger partial charge in [-0.2, -0.15) is 0 Å². The van der Waals surface area contributed by atoms with Crippen molar-refractivity contribution in [3.8, 4) is 22.3 Å². The Morgan fingerprint density at radius 1 is 0.505 bits per heavy atom. The van der Waals surface area contributed by atoms with Crippen LogP contribution in [0.2, 0.25) is 0 Å². The van der Waals surface area contributed by atoms with E-state index in [1.54, 1.807) is 0 Å². The molecule has 0 N–H and O–H groups in total. The molecular formula is C88H92BN3O. The first-order valence-corrected chi connectivity index (χ1v) is 35.4. The fraction of sp³-hybridized carbons (Fsp3) is 0.364. The van der Waals surface area contributed by atoms with Crippen LogP contribution in [0, 0.1) is 16.7 Å². The van der Waals surface area contributed by atoms with Crippen LogP contribution in [0.4, 0.5) is 51.2 Å². The van der Waals surface area contributed by atoms with Crippen molar-refractivity contribution >= 4 is 85.5 Å². The molecule has 0 radical (unpaired) electrons. The maximum absolute atomic E-state index is 7.93. The third-order valence-corrected chi connectivity index (χ3v) is 25.5. The highest BCUT2D eigenvalue weighted by Gasteiger charge is 2.71. The summed E-state index contributed by atoms with van der Waals surface area (Å²) in [5.74, 6) is 1.24. The smallest absolute Gasteiger partial charge is 0.297 e. The standard InChI is InChI=1S/C88H92BN3O/c1-82(2,3)58-37-41-61(42-38-58)90(72-33-23-21-29-64(72)57-27-18-15-19-28-57)63-43-44-71-74(51-63)92(73-34-24-32-68-78(73)65-30-20-22-31-67(65)88(68)54-59-45-46-87(88,13)86(59,11)12)76-50-60(83(4,5)6)49-75-79(76)89(71)81-80(91(75)62-39-35-56(36-40-62)55-25-16-14-17-26-55)66-52-69-70(53-77(66)93-81)85(9,10)48-47-84(69,7)8/h15,18-24,27-44,49-53,55,59H,14,16-17,25-26,45-48,54H2,1-13H3. The molecular weight excluding hydrogens is 1130 g/mol. The number of rotatable bonds is 7. The normalized spacial score (nSPS) is 21.9. The van der Waals surface area contributed by atoms with Crippen LogP contribution in [0.25, 0.3) is 33.2 Å². The first kappa shape index (κ1) is 58.8. The number of furan rings is 1. The van der Waals surface area contributed by atoms with Gasteiger partial charge in [-0.15, -0.1) is 0 Å². The molecule has 9 aromatic carbocycles. The van der Waals surface area contributed by atoms with Crippen molar-refractivity contribution < 1.29 is 4.42 Å². The van der Waals surface area contributed by atoms with E-state index in [-0.39, 0.29) is 44.6 Å². The molecule has 4 nitrogen and oxygen atoms in total. The minimum absolute atomic E-state index is 0.000410. The van der Waals surface area contributed by atoms with Gasteiger partial charge in [-0.1, -0.05) is 225 Å². The third-order valence-electron chi connectivity index (χ3n) is 25.5. The van der Waals surface area contributed by atoms with Crippen LogP contribution in [0.1, 0.15) is 199 Å². The van der Waals surface area contributed by atoms with Crippen molar-refractivity contribution in [2.45, 2.75) is 187 Å². The Labute approximate surface area is 554 Å². The van der Waals surface area contributed by atoms with E-state index in [2.05, 4.69) is 293 Å². The summed E-state index contributed by atoms with van der Waals surface area (Å²) in [5, 5.41) is 1.20. The van der Waals surface area contributed by atoms with Crippen molar-refractivity contribution in [2.75, 3.05) is 14.7 Å². The minimum Gasteiger partial charge on any atom is -0.468 e. The lowest BCUT2D eigenvalue weighted by Gasteiger charge is -2.48. The third kappa shape index (κ3) is 8.42. The van der Waals surface area contributed by atoms with Gasteiger partial charge in [0.15, 0.2) is 0 Å². The van der Waals surface area contributed by atoms with Crippen LogP contribution < -0.4 is 31.3 Å². The van der Waals surface area contributed by atoms with E-state index in [1.165, 1.54) is 163 Å². The molecule has 10 aromatic rings. The lowest BCUT2D eigenvalue weighted by atomic mass is 9.35. The number of hydrogen-bond acceptors (Lipinski definition) is 4. The van der Waals surface area contributed by atoms with E-state index in [9.17, 15) is 0 Å². The molecule has 7 aliphatic rings. The van der Waals surface area contributed by atoms with E-state index in [1.807, 2.05) is 0 Å². The number of benzene rings is 9. The molecule has 0 amide bonds. The predicted molar refractivity (Wildman–Crippen MR) is 394 cm³/mol. The van der Waals surface area contributed by atoms with Gasteiger partial charge in [0.2, 0.25) is 0 Å². The van der Waals surface area contributed by atoms with Crippen LogP contribution in [0.3, 0.4) is 0 Å². The SMILES string of the molecule is CC(C)(C)c1ccc(N(c2ccc3c(c2)N(c2cccc4c2-c2ccccc2C42CC4CCC2(C)C4(C)C)c2cc(C(C)(C)C)cc4c2B3c2oc3cc5c(cc3c2N4c2ccc(C3CCCCC3)cc2)C(C)(C)CCC5(C)C)c2ccccc2-c2ccccc2)cc1. The second-order valence-electron chi connectivity index (χ2n) is 33.6. The topological polar surface area (TPSA) is 22.9 Å². The quantitative estimate of drug-likeness (QED) is 0.148. The highest BCUT2D eigenvalue weighted by Crippen LogP contribution is 2.78. The molecule has 3 saturated carbocycles. The number of hydrogen-bond donors (Lipinski definition) is 0. The Hall–Kier alpha value is -8.02. The second kappa shape index (κ2) is 20.3. The van der Waals surface area contributed by atoms with Crippen molar-refractivity contribution in [1.82, 2.24) is 0 Å². The zero-order valence-corrected chi connectivity index (χ0v) is 57.5. The average molecular weight is 1220 g/mol.